The Kier molecular flexibility index (Phi) is 3.72. The van der Waals surface area contributed by atoms with Crippen molar-refractivity contribution in [1.82, 2.24) is 0 Å². The van der Waals surface area contributed by atoms with Gasteiger partial charge >= 0.3 is 0 Å². The molecule has 0 aromatic rings. The third kappa shape index (κ3) is 2.02. The first-order valence-corrected chi connectivity index (χ1v) is 9.54. The normalized spacial score (nSPS) is 52.8. The van der Waals surface area contributed by atoms with Crippen LogP contribution in [0, 0.1) is 28.6 Å². The van der Waals surface area contributed by atoms with E-state index in [2.05, 4.69) is 0 Å². The van der Waals surface area contributed by atoms with E-state index in [0.29, 0.717) is 12.8 Å². The van der Waals surface area contributed by atoms with Gasteiger partial charge in [0, 0.05) is 29.1 Å². The first kappa shape index (κ1) is 18.1. The van der Waals surface area contributed by atoms with Gasteiger partial charge in [-0.05, 0) is 44.3 Å². The number of ketones is 2. The summed E-state index contributed by atoms with van der Waals surface area (Å²) in [7, 11) is 0. The number of hydrogen-bond donors (Lipinski definition) is 2. The average Bonchev–Trinajstić information content (AvgIpc) is 2.81. The molecule has 0 radical (unpaired) electrons. The highest BCUT2D eigenvalue weighted by molar-refractivity contribution is 6.01. The van der Waals surface area contributed by atoms with Gasteiger partial charge in [-0.25, -0.2) is 4.39 Å². The van der Waals surface area contributed by atoms with Crippen LogP contribution in [0.2, 0.25) is 0 Å². The van der Waals surface area contributed by atoms with E-state index >= 15 is 4.39 Å². The summed E-state index contributed by atoms with van der Waals surface area (Å²) in [4.78, 5) is 24.0. The fourth-order valence-corrected chi connectivity index (χ4v) is 6.82. The Morgan fingerprint density at radius 3 is 2.69 bits per heavy atom. The average molecular weight is 362 g/mol. The van der Waals surface area contributed by atoms with Crippen molar-refractivity contribution >= 4 is 11.6 Å². The van der Waals surface area contributed by atoms with Crippen molar-refractivity contribution in [2.75, 3.05) is 0 Å². The summed E-state index contributed by atoms with van der Waals surface area (Å²) in [6, 6.07) is 0. The Labute approximate surface area is 153 Å². The molecule has 0 heterocycles. The largest absolute Gasteiger partial charge is 0.393 e. The number of hydrogen-bond acceptors (Lipinski definition) is 4. The number of allylic oxidation sites excluding steroid dienone is 4. The van der Waals surface area contributed by atoms with Gasteiger partial charge in [-0.2, -0.15) is 0 Å². The Morgan fingerprint density at radius 2 is 2.04 bits per heavy atom. The van der Waals surface area contributed by atoms with Crippen LogP contribution in [0.15, 0.2) is 23.8 Å². The lowest BCUT2D eigenvalue weighted by atomic mass is 9.46. The minimum Gasteiger partial charge on any atom is -0.393 e. The zero-order chi connectivity index (χ0) is 19.1. The molecule has 142 valence electrons. The second-order valence-electron chi connectivity index (χ2n) is 9.26. The standard InChI is InChI=1S/C21H27FO4/c1-11(23)21(26)7-5-14-17-15(22)9-12-8-13(24)4-6-19(12,2)18(17)16(25)10-20(14,21)3/h4,6,8,14-18,25-26H,5,7,9-10H2,1-3H3/t14-,15?,16?,17+,18-,19-,20-,21-/m0/s1. The molecule has 0 aliphatic heterocycles. The second-order valence-corrected chi connectivity index (χ2v) is 9.26. The Balaban J connectivity index is 1.81. The summed E-state index contributed by atoms with van der Waals surface area (Å²) in [5.74, 6) is -1.38. The molecule has 2 N–H and O–H groups in total. The maximum absolute atomic E-state index is 15.4. The highest BCUT2D eigenvalue weighted by Crippen LogP contribution is 2.67. The lowest BCUT2D eigenvalue weighted by molar-refractivity contribution is -0.183. The van der Waals surface area contributed by atoms with Gasteiger partial charge in [0.15, 0.2) is 11.6 Å². The maximum Gasteiger partial charge on any atom is 0.178 e. The number of aliphatic hydroxyl groups excluding tert-OH is 1. The van der Waals surface area contributed by atoms with E-state index in [9.17, 15) is 19.8 Å². The molecule has 0 spiro atoms. The van der Waals surface area contributed by atoms with E-state index in [1.165, 1.54) is 19.1 Å². The van der Waals surface area contributed by atoms with Gasteiger partial charge in [0.25, 0.3) is 0 Å². The van der Waals surface area contributed by atoms with E-state index in [1.54, 1.807) is 0 Å². The van der Waals surface area contributed by atoms with Gasteiger partial charge in [-0.3, -0.25) is 9.59 Å². The molecule has 5 heteroatoms. The van der Waals surface area contributed by atoms with Gasteiger partial charge in [0.2, 0.25) is 0 Å². The zero-order valence-electron chi connectivity index (χ0n) is 15.5. The van der Waals surface area contributed by atoms with Crippen molar-refractivity contribution in [3.8, 4) is 0 Å². The number of aliphatic hydroxyl groups is 2. The fourth-order valence-electron chi connectivity index (χ4n) is 6.82. The number of carbonyl (C=O) groups is 2. The summed E-state index contributed by atoms with van der Waals surface area (Å²) in [6.45, 7) is 5.20. The number of rotatable bonds is 1. The van der Waals surface area contributed by atoms with Crippen LogP contribution in [-0.2, 0) is 9.59 Å². The van der Waals surface area contributed by atoms with Crippen LogP contribution in [0.5, 0.6) is 0 Å². The summed E-state index contributed by atoms with van der Waals surface area (Å²) in [6.07, 6.45) is 4.18. The first-order chi connectivity index (χ1) is 12.0. The number of halogens is 1. The van der Waals surface area contributed by atoms with Crippen molar-refractivity contribution in [3.63, 3.8) is 0 Å². The van der Waals surface area contributed by atoms with Crippen LogP contribution < -0.4 is 0 Å². The quantitative estimate of drug-likeness (QED) is 0.752. The van der Waals surface area contributed by atoms with Gasteiger partial charge < -0.3 is 10.2 Å². The highest BCUT2D eigenvalue weighted by Gasteiger charge is 2.69. The number of carbonyl (C=O) groups excluding carboxylic acids is 2. The van der Waals surface area contributed by atoms with Crippen molar-refractivity contribution in [2.24, 2.45) is 28.6 Å². The Bertz CT molecular complexity index is 742. The summed E-state index contributed by atoms with van der Waals surface area (Å²) < 4.78 is 15.4. The smallest absolute Gasteiger partial charge is 0.178 e. The number of fused-ring (bicyclic) bond motifs is 5. The summed E-state index contributed by atoms with van der Waals surface area (Å²) in [5, 5.41) is 22.2. The molecule has 0 aromatic carbocycles. The van der Waals surface area contributed by atoms with Gasteiger partial charge in [0.05, 0.1) is 6.10 Å². The predicted octanol–water partition coefficient (Wildman–Crippen LogP) is 2.53. The number of alkyl halides is 1. The number of Topliss-reactive ketones (excluding diaryl/α,β-unsaturated/α-hetero) is 1. The van der Waals surface area contributed by atoms with Gasteiger partial charge in [-0.1, -0.05) is 25.5 Å². The monoisotopic (exact) mass is 362 g/mol. The second kappa shape index (κ2) is 5.35. The molecule has 4 nitrogen and oxygen atoms in total. The molecule has 3 fully saturated rings. The molecule has 4 aliphatic rings. The zero-order valence-corrected chi connectivity index (χ0v) is 15.5. The predicted molar refractivity (Wildman–Crippen MR) is 93.9 cm³/mol. The molecule has 2 unspecified atom stereocenters. The van der Waals surface area contributed by atoms with Crippen molar-refractivity contribution < 1.29 is 24.2 Å². The van der Waals surface area contributed by atoms with Crippen LogP contribution >= 0.6 is 0 Å². The molecule has 0 saturated heterocycles. The topological polar surface area (TPSA) is 74.6 Å². The summed E-state index contributed by atoms with van der Waals surface area (Å²) in [5.41, 5.74) is -2.13. The van der Waals surface area contributed by atoms with Crippen LogP contribution in [-0.4, -0.2) is 39.7 Å². The van der Waals surface area contributed by atoms with E-state index in [1.807, 2.05) is 19.9 Å². The molecule has 4 rings (SSSR count). The van der Waals surface area contributed by atoms with Gasteiger partial charge in [0.1, 0.15) is 11.8 Å². The van der Waals surface area contributed by atoms with Crippen LogP contribution in [0.25, 0.3) is 0 Å². The molecular formula is C21H27FO4. The maximum atomic E-state index is 15.4. The third-order valence-corrected chi connectivity index (χ3v) is 8.22. The highest BCUT2D eigenvalue weighted by atomic mass is 19.1. The van der Waals surface area contributed by atoms with Crippen molar-refractivity contribution in [3.05, 3.63) is 23.8 Å². The minimum atomic E-state index is -1.50. The lowest BCUT2D eigenvalue weighted by Crippen LogP contribution is -2.63. The van der Waals surface area contributed by atoms with Crippen LogP contribution in [0.4, 0.5) is 4.39 Å². The van der Waals surface area contributed by atoms with Crippen molar-refractivity contribution in [1.29, 1.82) is 0 Å². The van der Waals surface area contributed by atoms with E-state index in [-0.39, 0.29) is 36.2 Å². The van der Waals surface area contributed by atoms with E-state index < -0.39 is 34.6 Å². The van der Waals surface area contributed by atoms with Crippen molar-refractivity contribution in [2.45, 2.75) is 64.3 Å². The molecule has 0 amide bonds. The molecule has 8 atom stereocenters. The minimum absolute atomic E-state index is 0.134. The third-order valence-electron chi connectivity index (χ3n) is 8.22. The Hall–Kier alpha value is -1.33. The van der Waals surface area contributed by atoms with Gasteiger partial charge in [-0.15, -0.1) is 0 Å². The first-order valence-electron chi connectivity index (χ1n) is 9.54. The molecule has 0 bridgehead atoms. The fraction of sp³-hybridized carbons (Fsp3) is 0.714. The lowest BCUT2D eigenvalue weighted by Gasteiger charge is -2.60. The summed E-state index contributed by atoms with van der Waals surface area (Å²) >= 11 is 0. The molecule has 0 aromatic heterocycles. The molecule has 3 saturated carbocycles. The SMILES string of the molecule is CC(=O)[C@@]1(O)CC[C@H]2[C@@H]3C(F)CC4=CC(=O)C=C[C@]4(C)[C@H]3C(O)C[C@@]21C. The van der Waals surface area contributed by atoms with Crippen LogP contribution in [0.1, 0.15) is 46.5 Å². The van der Waals surface area contributed by atoms with Crippen LogP contribution in [0.3, 0.4) is 0 Å². The molecule has 26 heavy (non-hydrogen) atoms. The Morgan fingerprint density at radius 1 is 1.35 bits per heavy atom. The molecule has 4 aliphatic carbocycles. The van der Waals surface area contributed by atoms with E-state index in [0.717, 1.165) is 5.57 Å². The molecular weight excluding hydrogens is 335 g/mol. The van der Waals surface area contributed by atoms with E-state index in [4.69, 9.17) is 0 Å².